The summed E-state index contributed by atoms with van der Waals surface area (Å²) in [6.07, 6.45) is 1.57. The Kier molecular flexibility index (Phi) is 6.75. The standard InChI is InChI=1S/C18H18Cl2FN3OS/c19-13-4-5-17(22-10-13)26-12-18(25)24-8-6-23(7-9-24)11-14-15(20)2-1-3-16(14)21/h1-5,10H,6-9,11-12H2. The van der Waals surface area contributed by atoms with E-state index < -0.39 is 0 Å². The van der Waals surface area contributed by atoms with Crippen LogP contribution in [-0.2, 0) is 11.3 Å². The van der Waals surface area contributed by atoms with Crippen molar-refractivity contribution in [2.24, 2.45) is 0 Å². The van der Waals surface area contributed by atoms with E-state index in [1.807, 2.05) is 4.90 Å². The van der Waals surface area contributed by atoms with Crippen molar-refractivity contribution in [2.45, 2.75) is 11.6 Å². The first kappa shape index (κ1) is 19.4. The average Bonchev–Trinajstić information content (AvgIpc) is 2.65. The Morgan fingerprint density at radius 2 is 1.92 bits per heavy atom. The van der Waals surface area contributed by atoms with E-state index in [4.69, 9.17) is 23.2 Å². The molecule has 0 atom stereocenters. The Bertz CT molecular complexity index is 747. The zero-order valence-corrected chi connectivity index (χ0v) is 16.3. The van der Waals surface area contributed by atoms with Crippen molar-refractivity contribution in [3.8, 4) is 0 Å². The highest BCUT2D eigenvalue weighted by Gasteiger charge is 2.22. The summed E-state index contributed by atoms with van der Waals surface area (Å²) in [5, 5.41) is 1.79. The molecule has 0 bridgehead atoms. The Labute approximate surface area is 166 Å². The van der Waals surface area contributed by atoms with Crippen LogP contribution in [0.4, 0.5) is 4.39 Å². The molecule has 0 N–H and O–H groups in total. The van der Waals surface area contributed by atoms with E-state index in [0.717, 1.165) is 5.03 Å². The number of thioether (sulfide) groups is 1. The monoisotopic (exact) mass is 413 g/mol. The van der Waals surface area contributed by atoms with Gasteiger partial charge in [0.2, 0.25) is 5.91 Å². The SMILES string of the molecule is O=C(CSc1ccc(Cl)cn1)N1CCN(Cc2c(F)cccc2Cl)CC1. The normalized spacial score (nSPS) is 15.3. The Morgan fingerprint density at radius 3 is 2.58 bits per heavy atom. The molecule has 1 aromatic carbocycles. The third-order valence-corrected chi connectivity index (χ3v) is 5.72. The van der Waals surface area contributed by atoms with Crippen molar-refractivity contribution >= 4 is 40.9 Å². The van der Waals surface area contributed by atoms with Gasteiger partial charge in [-0.15, -0.1) is 0 Å². The van der Waals surface area contributed by atoms with Gasteiger partial charge in [-0.3, -0.25) is 9.69 Å². The van der Waals surface area contributed by atoms with Crippen LogP contribution in [0, 0.1) is 5.82 Å². The molecule has 1 fully saturated rings. The molecular weight excluding hydrogens is 396 g/mol. The lowest BCUT2D eigenvalue weighted by atomic mass is 10.2. The number of hydrogen-bond donors (Lipinski definition) is 0. The van der Waals surface area contributed by atoms with Gasteiger partial charge in [-0.1, -0.05) is 41.0 Å². The van der Waals surface area contributed by atoms with Crippen LogP contribution < -0.4 is 0 Å². The lowest BCUT2D eigenvalue weighted by molar-refractivity contribution is -0.130. The molecule has 4 nitrogen and oxygen atoms in total. The first-order valence-electron chi connectivity index (χ1n) is 8.20. The molecule has 2 aromatic rings. The number of benzene rings is 1. The number of carbonyl (C=O) groups excluding carboxylic acids is 1. The van der Waals surface area contributed by atoms with Gasteiger partial charge in [-0.05, 0) is 24.3 Å². The molecule has 0 saturated carbocycles. The van der Waals surface area contributed by atoms with Gasteiger partial charge < -0.3 is 4.90 Å². The molecule has 138 valence electrons. The highest BCUT2D eigenvalue weighted by molar-refractivity contribution is 7.99. The summed E-state index contributed by atoms with van der Waals surface area (Å²) in [5.74, 6) is 0.131. The minimum absolute atomic E-state index is 0.0790. The van der Waals surface area contributed by atoms with Gasteiger partial charge in [0, 0.05) is 49.5 Å². The van der Waals surface area contributed by atoms with Gasteiger partial charge >= 0.3 is 0 Å². The third kappa shape index (κ3) is 5.10. The molecule has 0 radical (unpaired) electrons. The number of amides is 1. The number of piperazine rings is 1. The fourth-order valence-electron chi connectivity index (χ4n) is 2.74. The first-order valence-corrected chi connectivity index (χ1v) is 9.94. The van der Waals surface area contributed by atoms with Crippen LogP contribution in [0.25, 0.3) is 0 Å². The summed E-state index contributed by atoms with van der Waals surface area (Å²) < 4.78 is 13.9. The molecule has 1 saturated heterocycles. The number of hydrogen-bond acceptors (Lipinski definition) is 4. The van der Waals surface area contributed by atoms with Crippen LogP contribution in [-0.4, -0.2) is 52.6 Å². The lowest BCUT2D eigenvalue weighted by Crippen LogP contribution is -2.48. The van der Waals surface area contributed by atoms with E-state index in [1.54, 1.807) is 30.5 Å². The van der Waals surface area contributed by atoms with E-state index in [1.165, 1.54) is 17.8 Å². The van der Waals surface area contributed by atoms with E-state index in [9.17, 15) is 9.18 Å². The van der Waals surface area contributed by atoms with Crippen molar-refractivity contribution in [3.05, 3.63) is 58.0 Å². The van der Waals surface area contributed by atoms with Gasteiger partial charge in [0.1, 0.15) is 5.82 Å². The maximum Gasteiger partial charge on any atom is 0.233 e. The number of pyridine rings is 1. The van der Waals surface area contributed by atoms with E-state index in [-0.39, 0.29) is 11.7 Å². The van der Waals surface area contributed by atoms with Crippen LogP contribution in [0.3, 0.4) is 0 Å². The minimum atomic E-state index is -0.289. The summed E-state index contributed by atoms with van der Waals surface area (Å²) in [6, 6.07) is 8.28. The number of carbonyl (C=O) groups is 1. The quantitative estimate of drug-likeness (QED) is 0.694. The summed E-state index contributed by atoms with van der Waals surface area (Å²) in [7, 11) is 0. The minimum Gasteiger partial charge on any atom is -0.339 e. The van der Waals surface area contributed by atoms with Crippen LogP contribution in [0.2, 0.25) is 10.0 Å². The fraction of sp³-hybridized carbons (Fsp3) is 0.333. The summed E-state index contributed by atoms with van der Waals surface area (Å²) in [6.45, 7) is 3.09. The molecule has 0 unspecified atom stereocenters. The second-order valence-electron chi connectivity index (χ2n) is 5.96. The molecule has 8 heteroatoms. The molecule has 1 amide bonds. The summed E-state index contributed by atoms with van der Waals surface area (Å²) in [4.78, 5) is 20.5. The second kappa shape index (κ2) is 9.04. The number of rotatable bonds is 5. The summed E-state index contributed by atoms with van der Waals surface area (Å²) >= 11 is 13.3. The Balaban J connectivity index is 1.47. The van der Waals surface area contributed by atoms with Crippen molar-refractivity contribution in [1.29, 1.82) is 0 Å². The maximum atomic E-state index is 13.9. The van der Waals surface area contributed by atoms with Crippen molar-refractivity contribution in [2.75, 3.05) is 31.9 Å². The molecule has 2 heterocycles. The van der Waals surface area contributed by atoms with Crippen molar-refractivity contribution in [1.82, 2.24) is 14.8 Å². The van der Waals surface area contributed by atoms with E-state index in [2.05, 4.69) is 9.88 Å². The molecule has 1 aliphatic heterocycles. The van der Waals surface area contributed by atoms with Gasteiger partial charge in [0.05, 0.1) is 15.8 Å². The predicted octanol–water partition coefficient (Wildman–Crippen LogP) is 3.96. The van der Waals surface area contributed by atoms with Gasteiger partial charge in [-0.2, -0.15) is 0 Å². The van der Waals surface area contributed by atoms with Crippen LogP contribution >= 0.6 is 35.0 Å². The Hall–Kier alpha value is -1.34. The molecule has 0 spiro atoms. The van der Waals surface area contributed by atoms with Gasteiger partial charge in [0.15, 0.2) is 0 Å². The predicted molar refractivity (Wildman–Crippen MR) is 103 cm³/mol. The largest absolute Gasteiger partial charge is 0.339 e. The zero-order chi connectivity index (χ0) is 18.5. The molecule has 1 aliphatic rings. The number of nitrogens with zero attached hydrogens (tertiary/aromatic N) is 3. The van der Waals surface area contributed by atoms with Crippen molar-refractivity contribution < 1.29 is 9.18 Å². The maximum absolute atomic E-state index is 13.9. The van der Waals surface area contributed by atoms with Crippen molar-refractivity contribution in [3.63, 3.8) is 0 Å². The Morgan fingerprint density at radius 1 is 1.15 bits per heavy atom. The summed E-state index contributed by atoms with van der Waals surface area (Å²) in [5.41, 5.74) is 0.512. The molecule has 1 aromatic heterocycles. The van der Waals surface area contributed by atoms with Gasteiger partial charge in [-0.25, -0.2) is 9.37 Å². The molecule has 3 rings (SSSR count). The highest BCUT2D eigenvalue weighted by atomic mass is 35.5. The second-order valence-corrected chi connectivity index (χ2v) is 7.80. The smallest absolute Gasteiger partial charge is 0.233 e. The van der Waals surface area contributed by atoms with Gasteiger partial charge in [0.25, 0.3) is 0 Å². The van der Waals surface area contributed by atoms with Crippen LogP contribution in [0.15, 0.2) is 41.6 Å². The third-order valence-electron chi connectivity index (χ3n) is 4.21. The number of aromatic nitrogens is 1. The fourth-order valence-corrected chi connectivity index (χ4v) is 3.82. The topological polar surface area (TPSA) is 36.4 Å². The van der Waals surface area contributed by atoms with E-state index in [0.29, 0.717) is 54.1 Å². The number of halogens is 3. The molecule has 26 heavy (non-hydrogen) atoms. The average molecular weight is 414 g/mol. The zero-order valence-electron chi connectivity index (χ0n) is 14.0. The van der Waals surface area contributed by atoms with Crippen LogP contribution in [0.5, 0.6) is 0 Å². The van der Waals surface area contributed by atoms with E-state index >= 15 is 0 Å². The first-order chi connectivity index (χ1) is 12.5. The highest BCUT2D eigenvalue weighted by Crippen LogP contribution is 2.22. The molecule has 0 aliphatic carbocycles. The molecular formula is C18H18Cl2FN3OS. The van der Waals surface area contributed by atoms with Crippen LogP contribution in [0.1, 0.15) is 5.56 Å². The lowest BCUT2D eigenvalue weighted by Gasteiger charge is -2.34.